The number of hydrogen-bond donors (Lipinski definition) is 0. The van der Waals surface area contributed by atoms with E-state index >= 15 is 0 Å². The van der Waals surface area contributed by atoms with Crippen molar-refractivity contribution in [3.63, 3.8) is 0 Å². The van der Waals surface area contributed by atoms with Crippen molar-refractivity contribution >= 4 is 11.8 Å². The number of ether oxygens (including phenoxy) is 1. The van der Waals surface area contributed by atoms with Gasteiger partial charge in [0.05, 0.1) is 12.2 Å². The first kappa shape index (κ1) is 20.4. The number of rotatable bonds is 4. The van der Waals surface area contributed by atoms with E-state index < -0.39 is 0 Å². The van der Waals surface area contributed by atoms with Crippen LogP contribution in [-0.2, 0) is 9.53 Å². The highest BCUT2D eigenvalue weighted by Gasteiger charge is 2.58. The highest BCUT2D eigenvalue weighted by molar-refractivity contribution is 5.95. The Labute approximate surface area is 172 Å². The molecule has 2 amide bonds. The van der Waals surface area contributed by atoms with Gasteiger partial charge in [0.25, 0.3) is 5.91 Å². The van der Waals surface area contributed by atoms with Gasteiger partial charge in [-0.3, -0.25) is 14.5 Å². The van der Waals surface area contributed by atoms with E-state index in [1.54, 1.807) is 7.11 Å². The first-order chi connectivity index (χ1) is 13.9. The topological polar surface area (TPSA) is 69.5 Å². The Bertz CT molecular complexity index is 784. The number of methoxy groups -OCH3 is 1. The molecule has 3 fully saturated rings. The third-order valence-corrected chi connectivity index (χ3v) is 6.81. The standard InChI is InChI=1S/C21H32N4O4/c1-15-13-17(16(2)29-15)19(26)23-7-5-21(6-8-23)24-10-9-22(3)14-18(24)20(27)25(21)11-12-28-4/h13,18H,5-12,14H2,1-4H3/t18-/m1/s1. The molecular formula is C21H32N4O4. The van der Waals surface area contributed by atoms with Gasteiger partial charge in [-0.25, -0.2) is 0 Å². The quantitative estimate of drug-likeness (QED) is 0.744. The molecule has 1 atom stereocenters. The number of carbonyl (C=O) groups is 2. The van der Waals surface area contributed by atoms with Gasteiger partial charge in [-0.05, 0) is 27.0 Å². The van der Waals surface area contributed by atoms with Crippen LogP contribution in [0, 0.1) is 13.8 Å². The molecule has 0 bridgehead atoms. The van der Waals surface area contributed by atoms with Gasteiger partial charge in [-0.1, -0.05) is 0 Å². The van der Waals surface area contributed by atoms with Crippen LogP contribution in [0.3, 0.4) is 0 Å². The molecule has 3 aliphatic heterocycles. The Morgan fingerprint density at radius 3 is 2.59 bits per heavy atom. The van der Waals surface area contributed by atoms with E-state index in [-0.39, 0.29) is 23.5 Å². The monoisotopic (exact) mass is 404 g/mol. The molecule has 3 saturated heterocycles. The molecule has 1 aromatic rings. The van der Waals surface area contributed by atoms with E-state index in [9.17, 15) is 9.59 Å². The SMILES string of the molecule is COCCN1C(=O)[C@H]2CN(C)CCN2C12CCN(C(=O)c1cc(C)oc1C)CC2. The Balaban J connectivity index is 1.54. The lowest BCUT2D eigenvalue weighted by Crippen LogP contribution is -2.63. The van der Waals surface area contributed by atoms with Crippen molar-refractivity contribution < 1.29 is 18.7 Å². The molecule has 0 unspecified atom stereocenters. The van der Waals surface area contributed by atoms with Crippen LogP contribution in [0.2, 0.25) is 0 Å². The first-order valence-corrected chi connectivity index (χ1v) is 10.5. The van der Waals surface area contributed by atoms with Crippen LogP contribution in [-0.4, -0.2) is 103 Å². The number of hydrogen-bond acceptors (Lipinski definition) is 6. The Hall–Kier alpha value is -1.90. The molecule has 8 heteroatoms. The van der Waals surface area contributed by atoms with Crippen LogP contribution in [0.1, 0.15) is 34.7 Å². The maximum absolute atomic E-state index is 13.3. The summed E-state index contributed by atoms with van der Waals surface area (Å²) < 4.78 is 10.8. The van der Waals surface area contributed by atoms with Gasteiger partial charge >= 0.3 is 0 Å². The molecule has 0 radical (unpaired) electrons. The molecular weight excluding hydrogens is 372 g/mol. The van der Waals surface area contributed by atoms with E-state index in [4.69, 9.17) is 9.15 Å². The molecule has 160 valence electrons. The number of likely N-dealkylation sites (tertiary alicyclic amines) is 1. The van der Waals surface area contributed by atoms with Crippen LogP contribution in [0.15, 0.2) is 10.5 Å². The number of amides is 2. The molecule has 8 nitrogen and oxygen atoms in total. The fourth-order valence-corrected chi connectivity index (χ4v) is 5.31. The summed E-state index contributed by atoms with van der Waals surface area (Å²) in [6, 6.07) is 1.73. The van der Waals surface area contributed by atoms with Crippen molar-refractivity contribution in [1.82, 2.24) is 19.6 Å². The van der Waals surface area contributed by atoms with Crippen LogP contribution >= 0.6 is 0 Å². The summed E-state index contributed by atoms with van der Waals surface area (Å²) in [5.41, 5.74) is 0.342. The third-order valence-electron chi connectivity index (χ3n) is 6.81. The lowest BCUT2D eigenvalue weighted by Gasteiger charge is -2.50. The second-order valence-electron chi connectivity index (χ2n) is 8.56. The van der Waals surface area contributed by atoms with Crippen molar-refractivity contribution in [2.45, 2.75) is 38.4 Å². The highest BCUT2D eigenvalue weighted by atomic mass is 16.5. The Kier molecular flexibility index (Phi) is 5.44. The lowest BCUT2D eigenvalue weighted by atomic mass is 9.93. The average Bonchev–Trinajstić information content (AvgIpc) is 3.15. The van der Waals surface area contributed by atoms with Crippen molar-refractivity contribution in [3.05, 3.63) is 23.2 Å². The fourth-order valence-electron chi connectivity index (χ4n) is 5.31. The van der Waals surface area contributed by atoms with Gasteiger partial charge in [0.1, 0.15) is 23.2 Å². The zero-order valence-electron chi connectivity index (χ0n) is 17.9. The smallest absolute Gasteiger partial charge is 0.257 e. The summed E-state index contributed by atoms with van der Waals surface area (Å²) in [5.74, 6) is 1.66. The van der Waals surface area contributed by atoms with Gasteiger partial charge in [0, 0.05) is 59.2 Å². The van der Waals surface area contributed by atoms with Gasteiger partial charge in [-0.2, -0.15) is 0 Å². The predicted octanol–water partition coefficient (Wildman–Crippen LogP) is 0.933. The lowest BCUT2D eigenvalue weighted by molar-refractivity contribution is -0.134. The number of piperidine rings is 1. The third kappa shape index (κ3) is 3.37. The molecule has 4 rings (SSSR count). The maximum atomic E-state index is 13.3. The van der Waals surface area contributed by atoms with Gasteiger partial charge in [0.15, 0.2) is 0 Å². The molecule has 29 heavy (non-hydrogen) atoms. The fraction of sp³-hybridized carbons (Fsp3) is 0.714. The second kappa shape index (κ2) is 7.74. The predicted molar refractivity (Wildman–Crippen MR) is 108 cm³/mol. The zero-order chi connectivity index (χ0) is 20.8. The molecule has 0 aromatic carbocycles. The average molecular weight is 405 g/mol. The molecule has 1 spiro atoms. The van der Waals surface area contributed by atoms with E-state index in [0.29, 0.717) is 37.6 Å². The molecule has 1 aromatic heterocycles. The van der Waals surface area contributed by atoms with Crippen LogP contribution in [0.25, 0.3) is 0 Å². The number of aryl methyl sites for hydroxylation is 2. The summed E-state index contributed by atoms with van der Waals surface area (Å²) in [5, 5.41) is 0. The molecule has 0 N–H and O–H groups in total. The van der Waals surface area contributed by atoms with Crippen molar-refractivity contribution in [1.29, 1.82) is 0 Å². The minimum absolute atomic E-state index is 0.0249. The zero-order valence-corrected chi connectivity index (χ0v) is 17.9. The summed E-state index contributed by atoms with van der Waals surface area (Å²) in [4.78, 5) is 34.9. The Morgan fingerprint density at radius 2 is 1.97 bits per heavy atom. The van der Waals surface area contributed by atoms with E-state index in [1.165, 1.54) is 0 Å². The van der Waals surface area contributed by atoms with E-state index in [2.05, 4.69) is 16.8 Å². The molecule has 3 aliphatic rings. The van der Waals surface area contributed by atoms with Crippen molar-refractivity contribution in [3.8, 4) is 0 Å². The molecule has 0 saturated carbocycles. The second-order valence-corrected chi connectivity index (χ2v) is 8.56. The summed E-state index contributed by atoms with van der Waals surface area (Å²) in [6.07, 6.45) is 1.54. The van der Waals surface area contributed by atoms with Crippen LogP contribution in [0.5, 0.6) is 0 Å². The van der Waals surface area contributed by atoms with Gasteiger partial charge in [-0.15, -0.1) is 0 Å². The van der Waals surface area contributed by atoms with E-state index in [0.717, 1.165) is 38.2 Å². The van der Waals surface area contributed by atoms with Crippen LogP contribution < -0.4 is 0 Å². The first-order valence-electron chi connectivity index (χ1n) is 10.5. The summed E-state index contributed by atoms with van der Waals surface area (Å²) >= 11 is 0. The minimum atomic E-state index is -0.306. The van der Waals surface area contributed by atoms with Crippen molar-refractivity contribution in [2.24, 2.45) is 0 Å². The molecule has 0 aliphatic carbocycles. The summed E-state index contributed by atoms with van der Waals surface area (Å²) in [6.45, 7) is 8.70. The number of likely N-dealkylation sites (N-methyl/N-ethyl adjacent to an activating group) is 1. The van der Waals surface area contributed by atoms with Crippen molar-refractivity contribution in [2.75, 3.05) is 60.0 Å². The molecule has 4 heterocycles. The van der Waals surface area contributed by atoms with Gasteiger partial charge < -0.3 is 23.9 Å². The summed E-state index contributed by atoms with van der Waals surface area (Å²) in [7, 11) is 3.75. The van der Waals surface area contributed by atoms with E-state index in [1.807, 2.05) is 29.7 Å². The Morgan fingerprint density at radius 1 is 1.24 bits per heavy atom. The highest BCUT2D eigenvalue weighted by Crippen LogP contribution is 2.41. The number of carbonyl (C=O) groups excluding carboxylic acids is 2. The minimum Gasteiger partial charge on any atom is -0.466 e. The number of nitrogens with zero attached hydrogens (tertiary/aromatic N) is 4. The number of piperazine rings is 1. The normalized spacial score (nSPS) is 25.1. The van der Waals surface area contributed by atoms with Gasteiger partial charge in [0.2, 0.25) is 5.91 Å². The van der Waals surface area contributed by atoms with Crippen LogP contribution in [0.4, 0.5) is 0 Å². The number of furan rings is 1. The number of fused-ring (bicyclic) bond motifs is 2. The maximum Gasteiger partial charge on any atom is 0.257 e. The largest absolute Gasteiger partial charge is 0.466 e.